The molecule has 3 heteroatoms. The van der Waals surface area contributed by atoms with Crippen molar-refractivity contribution in [2.24, 2.45) is 0 Å². The van der Waals surface area contributed by atoms with E-state index in [2.05, 4.69) is 5.10 Å². The maximum Gasteiger partial charge on any atom is 0.216 e. The molecule has 0 saturated carbocycles. The molecule has 1 aromatic carbocycles. The topological polar surface area (TPSA) is 17.8 Å². The Kier molecular flexibility index (Phi) is 1.85. The third-order valence-corrected chi connectivity index (χ3v) is 1.94. The number of para-hydroxylation sites is 1. The van der Waals surface area contributed by atoms with Gasteiger partial charge in [-0.3, -0.25) is 0 Å². The number of rotatable bonds is 1. The molecular weight excluding hydrogens is 167 g/mol. The largest absolute Gasteiger partial charge is 0.216 e. The number of benzene rings is 1. The van der Waals surface area contributed by atoms with Crippen molar-refractivity contribution in [3.05, 3.63) is 48.0 Å². The summed E-state index contributed by atoms with van der Waals surface area (Å²) in [4.78, 5) is 0. The van der Waals surface area contributed by atoms with Gasteiger partial charge >= 0.3 is 0 Å². The number of hydrogen-bond acceptors (Lipinski definition) is 1. The Labute approximate surface area is 75.6 Å². The van der Waals surface area contributed by atoms with Crippen molar-refractivity contribution in [2.45, 2.75) is 6.92 Å². The van der Waals surface area contributed by atoms with Crippen LogP contribution >= 0.6 is 0 Å². The third kappa shape index (κ3) is 1.33. The Morgan fingerprint density at radius 2 is 2.00 bits per heavy atom. The lowest BCUT2D eigenvalue weighted by Crippen LogP contribution is -2.00. The van der Waals surface area contributed by atoms with Crippen LogP contribution in [0.1, 0.15) is 5.56 Å². The normalized spacial score (nSPS) is 10.3. The van der Waals surface area contributed by atoms with Crippen LogP contribution in [0.3, 0.4) is 0 Å². The van der Waals surface area contributed by atoms with Gasteiger partial charge in [0.15, 0.2) is 0 Å². The van der Waals surface area contributed by atoms with E-state index in [1.807, 2.05) is 31.2 Å². The lowest BCUT2D eigenvalue weighted by atomic mass is 10.2. The molecule has 0 amide bonds. The molecule has 13 heavy (non-hydrogen) atoms. The average molecular weight is 176 g/mol. The fourth-order valence-electron chi connectivity index (χ4n) is 1.27. The minimum Gasteiger partial charge on any atom is -0.206 e. The predicted octanol–water partition coefficient (Wildman–Crippen LogP) is 2.32. The zero-order valence-electron chi connectivity index (χ0n) is 7.24. The highest BCUT2D eigenvalue weighted by atomic mass is 19.1. The van der Waals surface area contributed by atoms with Gasteiger partial charge in [0.1, 0.15) is 0 Å². The Morgan fingerprint density at radius 1 is 1.23 bits per heavy atom. The van der Waals surface area contributed by atoms with Gasteiger partial charge in [0, 0.05) is 6.07 Å². The lowest BCUT2D eigenvalue weighted by Gasteiger charge is -2.04. The number of hydrogen-bond donors (Lipinski definition) is 0. The first kappa shape index (κ1) is 7.98. The monoisotopic (exact) mass is 176 g/mol. The lowest BCUT2D eigenvalue weighted by molar-refractivity contribution is 0.536. The molecule has 0 unspecified atom stereocenters. The highest BCUT2D eigenvalue weighted by Crippen LogP contribution is 2.13. The van der Waals surface area contributed by atoms with Crippen molar-refractivity contribution in [1.82, 2.24) is 9.78 Å². The van der Waals surface area contributed by atoms with Crippen LogP contribution in [-0.4, -0.2) is 9.78 Å². The summed E-state index contributed by atoms with van der Waals surface area (Å²) in [6.45, 7) is 1.93. The van der Waals surface area contributed by atoms with Crippen LogP contribution in [0, 0.1) is 12.9 Å². The second-order valence-corrected chi connectivity index (χ2v) is 2.85. The van der Waals surface area contributed by atoms with E-state index >= 15 is 0 Å². The summed E-state index contributed by atoms with van der Waals surface area (Å²) in [6.07, 6.45) is 1.45. The van der Waals surface area contributed by atoms with Crippen molar-refractivity contribution in [3.63, 3.8) is 0 Å². The highest BCUT2D eigenvalue weighted by molar-refractivity contribution is 5.39. The maximum absolute atomic E-state index is 13.1. The van der Waals surface area contributed by atoms with Crippen LogP contribution < -0.4 is 0 Å². The van der Waals surface area contributed by atoms with E-state index in [0.717, 1.165) is 11.3 Å². The molecule has 1 heterocycles. The van der Waals surface area contributed by atoms with Gasteiger partial charge in [0.2, 0.25) is 5.95 Å². The van der Waals surface area contributed by atoms with Gasteiger partial charge < -0.3 is 0 Å². The van der Waals surface area contributed by atoms with E-state index in [0.29, 0.717) is 0 Å². The van der Waals surface area contributed by atoms with Gasteiger partial charge in [-0.15, -0.1) is 0 Å². The van der Waals surface area contributed by atoms with Crippen molar-refractivity contribution in [2.75, 3.05) is 0 Å². The molecule has 1 aromatic heterocycles. The Balaban J connectivity index is 2.59. The van der Waals surface area contributed by atoms with Crippen molar-refractivity contribution in [1.29, 1.82) is 0 Å². The van der Waals surface area contributed by atoms with E-state index in [1.54, 1.807) is 0 Å². The molecule has 66 valence electrons. The van der Waals surface area contributed by atoms with Crippen molar-refractivity contribution in [3.8, 4) is 5.69 Å². The van der Waals surface area contributed by atoms with E-state index in [-0.39, 0.29) is 5.95 Å². The fourth-order valence-corrected chi connectivity index (χ4v) is 1.27. The van der Waals surface area contributed by atoms with Crippen LogP contribution in [0.15, 0.2) is 36.5 Å². The summed E-state index contributed by atoms with van der Waals surface area (Å²) < 4.78 is 14.4. The smallest absolute Gasteiger partial charge is 0.206 e. The minimum absolute atomic E-state index is 0.339. The second kappa shape index (κ2) is 3.01. The zero-order valence-corrected chi connectivity index (χ0v) is 7.24. The van der Waals surface area contributed by atoms with Gasteiger partial charge in [-0.2, -0.15) is 9.49 Å². The quantitative estimate of drug-likeness (QED) is 0.652. The van der Waals surface area contributed by atoms with E-state index in [9.17, 15) is 4.39 Å². The number of aromatic nitrogens is 2. The van der Waals surface area contributed by atoms with Crippen LogP contribution in [0.4, 0.5) is 4.39 Å². The molecule has 0 aliphatic carbocycles. The standard InChI is InChI=1S/C10H9FN2/c1-8-4-2-3-5-9(8)13-10(11)6-7-12-13/h2-7H,1H3. The first-order chi connectivity index (χ1) is 6.29. The predicted molar refractivity (Wildman–Crippen MR) is 48.3 cm³/mol. The Hall–Kier alpha value is -1.64. The van der Waals surface area contributed by atoms with Crippen LogP contribution in [0.25, 0.3) is 5.69 Å². The average Bonchev–Trinajstić information content (AvgIpc) is 2.52. The first-order valence-electron chi connectivity index (χ1n) is 4.04. The van der Waals surface area contributed by atoms with Gasteiger partial charge in [0.25, 0.3) is 0 Å². The first-order valence-corrected chi connectivity index (χ1v) is 4.04. The summed E-state index contributed by atoms with van der Waals surface area (Å²) in [5.74, 6) is -0.339. The molecule has 0 atom stereocenters. The van der Waals surface area contributed by atoms with Crippen molar-refractivity contribution >= 4 is 0 Å². The molecule has 0 bridgehead atoms. The fraction of sp³-hybridized carbons (Fsp3) is 0.100. The van der Waals surface area contributed by atoms with Gasteiger partial charge in [0.05, 0.1) is 11.9 Å². The van der Waals surface area contributed by atoms with Crippen LogP contribution in [0.2, 0.25) is 0 Å². The van der Waals surface area contributed by atoms with E-state index in [1.165, 1.54) is 16.9 Å². The molecule has 2 aromatic rings. The number of aryl methyl sites for hydroxylation is 1. The molecule has 0 N–H and O–H groups in total. The molecule has 2 nitrogen and oxygen atoms in total. The molecule has 0 spiro atoms. The summed E-state index contributed by atoms with van der Waals surface area (Å²) in [5, 5.41) is 3.89. The van der Waals surface area contributed by atoms with E-state index < -0.39 is 0 Å². The zero-order chi connectivity index (χ0) is 9.26. The molecular formula is C10H9FN2. The summed E-state index contributed by atoms with van der Waals surface area (Å²) in [7, 11) is 0. The Morgan fingerprint density at radius 3 is 2.62 bits per heavy atom. The maximum atomic E-state index is 13.1. The summed E-state index contributed by atoms with van der Waals surface area (Å²) in [5.41, 5.74) is 1.79. The van der Waals surface area contributed by atoms with Crippen LogP contribution in [0.5, 0.6) is 0 Å². The Bertz CT molecular complexity index is 420. The molecule has 0 radical (unpaired) electrons. The van der Waals surface area contributed by atoms with Gasteiger partial charge in [-0.25, -0.2) is 4.68 Å². The molecule has 0 fully saturated rings. The molecule has 0 saturated heterocycles. The number of halogens is 1. The summed E-state index contributed by atoms with van der Waals surface area (Å²) >= 11 is 0. The van der Waals surface area contributed by atoms with Gasteiger partial charge in [-0.1, -0.05) is 18.2 Å². The van der Waals surface area contributed by atoms with Crippen LogP contribution in [-0.2, 0) is 0 Å². The SMILES string of the molecule is Cc1ccccc1-n1nccc1F. The third-order valence-electron chi connectivity index (χ3n) is 1.94. The molecule has 0 aliphatic heterocycles. The second-order valence-electron chi connectivity index (χ2n) is 2.85. The number of nitrogens with zero attached hydrogens (tertiary/aromatic N) is 2. The molecule has 0 aliphatic rings. The van der Waals surface area contributed by atoms with E-state index in [4.69, 9.17) is 0 Å². The van der Waals surface area contributed by atoms with Gasteiger partial charge in [-0.05, 0) is 18.6 Å². The van der Waals surface area contributed by atoms with Crippen molar-refractivity contribution < 1.29 is 4.39 Å². The molecule has 2 rings (SSSR count). The highest BCUT2D eigenvalue weighted by Gasteiger charge is 2.04. The summed E-state index contributed by atoms with van der Waals surface area (Å²) in [6, 6.07) is 8.89. The minimum atomic E-state index is -0.339.